The van der Waals surface area contributed by atoms with Crippen LogP contribution in [-0.4, -0.2) is 232 Å². The summed E-state index contributed by atoms with van der Waals surface area (Å²) in [4.78, 5) is 142. The molecule has 0 radical (unpaired) electrons. The summed E-state index contributed by atoms with van der Waals surface area (Å²) < 4.78 is 209. The number of esters is 12. The van der Waals surface area contributed by atoms with E-state index in [0.717, 1.165) is 51.4 Å². The van der Waals surface area contributed by atoms with Gasteiger partial charge in [0, 0.05) is 79.1 Å². The molecule has 10 saturated heterocycles. The molecule has 0 amide bonds. The van der Waals surface area contributed by atoms with Gasteiger partial charge in [-0.3, -0.25) is 19.2 Å². The van der Waals surface area contributed by atoms with Crippen molar-refractivity contribution in [2.75, 3.05) is 0 Å². The Kier molecular flexibility index (Phi) is 20.3. The first-order chi connectivity index (χ1) is 57.0. The minimum atomic E-state index is -3.55. The second kappa shape index (κ2) is 28.9. The molecule has 16 aliphatic carbocycles. The van der Waals surface area contributed by atoms with Gasteiger partial charge < -0.3 is 85.3 Å². The molecular formula is C80H92F8O30S4. The highest BCUT2D eigenvalue weighted by molar-refractivity contribution is 8.22. The number of hydrogen-bond donors (Lipinski definition) is 0. The summed E-state index contributed by atoms with van der Waals surface area (Å²) in [5.41, 5.74) is -4.09. The van der Waals surface area contributed by atoms with Crippen LogP contribution in [0.2, 0.25) is 0 Å². The topological polar surface area (TPSA) is 371 Å². The van der Waals surface area contributed by atoms with E-state index in [1.165, 1.54) is 27.7 Å². The largest absolute Gasteiger partial charge is 0.455 e. The van der Waals surface area contributed by atoms with Gasteiger partial charge in [-0.05, 0) is 176 Å². The van der Waals surface area contributed by atoms with Crippen molar-refractivity contribution < 1.29 is 178 Å². The van der Waals surface area contributed by atoms with Gasteiger partial charge in [-0.1, -0.05) is 11.8 Å². The predicted molar refractivity (Wildman–Crippen MR) is 392 cm³/mol. The monoisotopic (exact) mass is 1810 g/mol. The van der Waals surface area contributed by atoms with Crippen LogP contribution < -0.4 is 0 Å². The first-order valence-electron chi connectivity index (χ1n) is 41.7. The van der Waals surface area contributed by atoms with E-state index >= 15 is 0 Å². The summed E-state index contributed by atoms with van der Waals surface area (Å²) >= 11 is 6.78. The lowest BCUT2D eigenvalue weighted by molar-refractivity contribution is -0.343. The number of hydrogen-bond acceptors (Lipinski definition) is 34. The van der Waals surface area contributed by atoms with Crippen molar-refractivity contribution >= 4 is 119 Å². The predicted octanol–water partition coefficient (Wildman–Crippen LogP) is 9.16. The number of carbonyl (C=O) groups excluding carboxylic acids is 12. The summed E-state index contributed by atoms with van der Waals surface area (Å²) in [5.74, 6) is -25.7. The third-order valence-electron chi connectivity index (χ3n) is 29.5. The Morgan fingerprint density at radius 1 is 0.320 bits per heavy atom. The van der Waals surface area contributed by atoms with Crippen molar-refractivity contribution in [1.82, 2.24) is 0 Å². The Balaban J connectivity index is 0.000000107. The molecule has 26 rings (SSSR count). The normalized spacial score (nSPS) is 48.9. The molecule has 26 aliphatic rings. The summed E-state index contributed by atoms with van der Waals surface area (Å²) in [7, 11) is 0. The van der Waals surface area contributed by atoms with Gasteiger partial charge in [0.25, 0.3) is 0 Å². The smallest absolute Gasteiger partial charge is 0.377 e. The van der Waals surface area contributed by atoms with Crippen LogP contribution in [0.4, 0.5) is 35.1 Å². The maximum atomic E-state index is 13.5. The third-order valence-corrected chi connectivity index (χ3v) is 37.9. The Hall–Kier alpha value is -5.76. The van der Waals surface area contributed by atoms with E-state index in [4.69, 9.17) is 85.3 Å². The van der Waals surface area contributed by atoms with Crippen molar-refractivity contribution in [2.45, 2.75) is 345 Å². The molecule has 0 aromatic heterocycles. The molecule has 672 valence electrons. The van der Waals surface area contributed by atoms with Gasteiger partial charge in [0.15, 0.2) is 41.6 Å². The number of ether oxygens (including phenoxy) is 18. The second-order valence-electron chi connectivity index (χ2n) is 38.4. The van der Waals surface area contributed by atoms with Crippen molar-refractivity contribution in [3.8, 4) is 0 Å². The maximum Gasteiger partial charge on any atom is 0.377 e. The van der Waals surface area contributed by atoms with Crippen LogP contribution in [0.5, 0.6) is 0 Å². The van der Waals surface area contributed by atoms with Gasteiger partial charge in [-0.15, -0.1) is 35.3 Å². The first-order valence-corrected chi connectivity index (χ1v) is 45.2. The summed E-state index contributed by atoms with van der Waals surface area (Å²) in [6.45, 7) is 7.15. The zero-order chi connectivity index (χ0) is 86.8. The van der Waals surface area contributed by atoms with Crippen LogP contribution in [0, 0.1) is 71.0 Å². The van der Waals surface area contributed by atoms with E-state index in [-0.39, 0.29) is 88.7 Å². The summed E-state index contributed by atoms with van der Waals surface area (Å²) in [6.07, 6.45) is 2.65. The molecular weight excluding hydrogens is 1720 g/mol. The van der Waals surface area contributed by atoms with Crippen molar-refractivity contribution in [3.63, 3.8) is 0 Å². The number of alkyl halides is 8. The van der Waals surface area contributed by atoms with E-state index in [0.29, 0.717) is 117 Å². The van der Waals surface area contributed by atoms with Crippen molar-refractivity contribution in [2.24, 2.45) is 71.0 Å². The number of halogens is 8. The van der Waals surface area contributed by atoms with Gasteiger partial charge in [-0.2, -0.15) is 35.1 Å². The molecule has 16 saturated carbocycles. The highest BCUT2D eigenvalue weighted by atomic mass is 32.2. The van der Waals surface area contributed by atoms with E-state index in [2.05, 4.69) is 0 Å². The Bertz CT molecular complexity index is 4090. The molecule has 24 atom stereocenters. The maximum absolute atomic E-state index is 13.5. The fourth-order valence-electron chi connectivity index (χ4n) is 26.1. The molecule has 16 bridgehead atoms. The van der Waals surface area contributed by atoms with Gasteiger partial charge >= 0.3 is 95.3 Å². The lowest BCUT2D eigenvalue weighted by Crippen LogP contribution is -2.66. The lowest BCUT2D eigenvalue weighted by Gasteiger charge is -2.63. The van der Waals surface area contributed by atoms with Gasteiger partial charge in [0.2, 0.25) is 30.7 Å². The van der Waals surface area contributed by atoms with E-state index in [1.54, 1.807) is 47.0 Å². The van der Waals surface area contributed by atoms with Gasteiger partial charge in [-0.25, -0.2) is 38.4 Å². The number of fused-ring (bicyclic) bond motifs is 8. The molecule has 30 nitrogen and oxygen atoms in total. The molecule has 122 heavy (non-hydrogen) atoms. The molecule has 10 aliphatic heterocycles. The van der Waals surface area contributed by atoms with Crippen molar-refractivity contribution in [3.05, 3.63) is 0 Å². The fraction of sp³-hybridized carbons (Fsp3) is 0.850. The quantitative estimate of drug-likeness (QED) is 0.0997. The first kappa shape index (κ1) is 85.7. The van der Waals surface area contributed by atoms with Crippen LogP contribution in [0.3, 0.4) is 0 Å². The molecule has 0 aromatic carbocycles. The number of rotatable bonds is 12. The Morgan fingerprint density at radius 3 is 1.01 bits per heavy atom. The van der Waals surface area contributed by atoms with Crippen LogP contribution in [0.1, 0.15) is 184 Å². The molecule has 24 unspecified atom stereocenters. The summed E-state index contributed by atoms with van der Waals surface area (Å²) in [6, 6.07) is 0. The molecule has 10 heterocycles. The highest BCUT2D eigenvalue weighted by Gasteiger charge is 2.79. The average molecular weight is 1810 g/mol. The van der Waals surface area contributed by atoms with Crippen LogP contribution in [0.25, 0.3) is 0 Å². The minimum Gasteiger partial charge on any atom is -0.455 e. The standard InChI is InChI=1S/C21H24F2O9.C21H24F2O7S2.C19H22F2O8.C19H22F2O6S2/c1-8(24)27-14-12-13(28-16(14)25)15-17(29-12)31-21(30-15)10-3-9-4-11(21)7-20(5-9,6-10)32-18(26)19(2,22)23;1-8(24)27-14-12-13(28-16(14)25)15-17(29-12)32-21(31-15)10-3-9-4-11(21)7-20(5-9,6-10)30-18(26)19(2,22)23;1-8(22)25-12-13-15(26-14(12)23)28-19(27-13)10-3-9-4-11(19)7-18(5-9,6-10)29-16(24)17(2,20)21;1-8(22)25-12-13-15(26-14(12)23)29-19(28-13)10-3-9-4-11(19)7-18(5-9,6-10)27-16(24)17(2,20)21/h2*9-15,17H,3-7H2,1-2H3;2*9-13,15H,3-7H2,1-2H3. The van der Waals surface area contributed by atoms with Crippen LogP contribution in [-0.2, 0) is 143 Å². The molecule has 4 spiro atoms. The second-order valence-corrected chi connectivity index (χ2v) is 44.6. The summed E-state index contributed by atoms with van der Waals surface area (Å²) in [5, 5.41) is -0.349. The van der Waals surface area contributed by atoms with E-state index in [1.807, 2.05) is 0 Å². The van der Waals surface area contributed by atoms with Crippen molar-refractivity contribution in [1.29, 1.82) is 0 Å². The Labute approximate surface area is 708 Å². The SMILES string of the molecule is CC(=O)OC1C(=O)OC2C1OC1SC3(SC12)C1CC2CC3CC(OC(=O)C(C)(F)F)(C2)C1.CC(=O)OC1C(=O)OC2C3OC4(OC3OC12)C1CC2CC4CC(OC(=O)C(C)(F)F)(C2)C1.CC(=O)OC1C(=O)OC2OC3(OC21)C1CC2CC3CC(OC(=O)C(C)(F)F)(C2)C1.CC(=O)OC1C(=O)OC2SC3(SC21)C1CC2CC3CC(OC(=O)C(C)(F)F)(C2)C1. The molecule has 0 aromatic rings. The van der Waals surface area contributed by atoms with Crippen LogP contribution >= 0.6 is 47.0 Å². The lowest BCUT2D eigenvalue weighted by atomic mass is 9.51. The Morgan fingerprint density at radius 2 is 0.623 bits per heavy atom. The van der Waals surface area contributed by atoms with E-state index < -0.39 is 203 Å². The van der Waals surface area contributed by atoms with Gasteiger partial charge in [0.05, 0.1) is 13.4 Å². The van der Waals surface area contributed by atoms with Gasteiger partial charge in [0.1, 0.15) is 51.4 Å². The minimum absolute atomic E-state index is 0.0782. The number of thioether (sulfide) groups is 4. The zero-order valence-corrected chi connectivity index (χ0v) is 70.5. The zero-order valence-electron chi connectivity index (χ0n) is 67.2. The number of carbonyl (C=O) groups is 12. The third kappa shape index (κ3) is 14.1. The highest BCUT2D eigenvalue weighted by Crippen LogP contribution is 2.77. The molecule has 42 heteroatoms. The van der Waals surface area contributed by atoms with E-state index in [9.17, 15) is 92.7 Å². The fourth-order valence-corrected chi connectivity index (χ4v) is 34.9. The molecule has 0 N–H and O–H groups in total. The molecule has 26 fully saturated rings. The van der Waals surface area contributed by atoms with Crippen LogP contribution in [0.15, 0.2) is 0 Å². The average Bonchev–Trinajstić information content (AvgIpc) is 1.51.